The first-order valence-corrected chi connectivity index (χ1v) is 9.74. The first-order chi connectivity index (χ1) is 10.8. The van der Waals surface area contributed by atoms with E-state index in [4.69, 9.17) is 23.2 Å². The van der Waals surface area contributed by atoms with Crippen molar-refractivity contribution in [2.24, 2.45) is 0 Å². The molecule has 124 valence electrons. The summed E-state index contributed by atoms with van der Waals surface area (Å²) in [5, 5.41) is 0.830. The predicted molar refractivity (Wildman–Crippen MR) is 96.5 cm³/mol. The summed E-state index contributed by atoms with van der Waals surface area (Å²) in [6.07, 6.45) is 0.954. The second kappa shape index (κ2) is 7.67. The number of rotatable bonds is 6. The van der Waals surface area contributed by atoms with Crippen molar-refractivity contribution in [3.05, 3.63) is 69.2 Å². The highest BCUT2D eigenvalue weighted by atomic mass is 35.5. The van der Waals surface area contributed by atoms with Gasteiger partial charge in [0.25, 0.3) is 0 Å². The van der Waals surface area contributed by atoms with Gasteiger partial charge in [-0.25, -0.2) is 13.1 Å². The molecule has 0 fully saturated rings. The van der Waals surface area contributed by atoms with Gasteiger partial charge in [0.15, 0.2) is 0 Å². The number of nitrogens with one attached hydrogen (secondary N) is 1. The second-order valence-corrected chi connectivity index (χ2v) is 8.03. The average molecular weight is 372 g/mol. The third-order valence-electron chi connectivity index (χ3n) is 3.60. The fraction of sp³-hybridized carbons (Fsp3) is 0.294. The Labute approximate surface area is 147 Å². The Bertz CT molecular complexity index is 774. The zero-order chi connectivity index (χ0) is 17.0. The van der Waals surface area contributed by atoms with Crippen LogP contribution in [-0.2, 0) is 22.2 Å². The normalized spacial score (nSPS) is 13.0. The van der Waals surface area contributed by atoms with E-state index in [1.807, 2.05) is 31.2 Å². The predicted octanol–water partition coefficient (Wildman–Crippen LogP) is 4.74. The SMILES string of the molecule is CCc1ccc(C(C)NS(=O)(=O)Cc2ccc(Cl)cc2Cl)cc1. The van der Waals surface area contributed by atoms with Gasteiger partial charge in [0.1, 0.15) is 0 Å². The molecule has 1 unspecified atom stereocenters. The number of halogens is 2. The molecule has 0 heterocycles. The Morgan fingerprint density at radius 1 is 1.09 bits per heavy atom. The van der Waals surface area contributed by atoms with Crippen molar-refractivity contribution in [3.63, 3.8) is 0 Å². The zero-order valence-electron chi connectivity index (χ0n) is 13.0. The van der Waals surface area contributed by atoms with Crippen molar-refractivity contribution >= 4 is 33.2 Å². The second-order valence-electron chi connectivity index (χ2n) is 5.43. The van der Waals surface area contributed by atoms with Crippen LogP contribution in [0.25, 0.3) is 0 Å². The van der Waals surface area contributed by atoms with Crippen LogP contribution in [0.15, 0.2) is 42.5 Å². The summed E-state index contributed by atoms with van der Waals surface area (Å²) in [5.41, 5.74) is 2.67. The maximum atomic E-state index is 12.3. The van der Waals surface area contributed by atoms with Crippen molar-refractivity contribution in [2.75, 3.05) is 0 Å². The highest BCUT2D eigenvalue weighted by molar-refractivity contribution is 7.88. The number of benzene rings is 2. The standard InChI is InChI=1S/C17H19Cl2NO2S/c1-3-13-4-6-14(7-5-13)12(2)20-23(21,22)11-15-8-9-16(18)10-17(15)19/h4-10,12,20H,3,11H2,1-2H3. The Morgan fingerprint density at radius 3 is 2.30 bits per heavy atom. The van der Waals surface area contributed by atoms with Crippen molar-refractivity contribution in [1.82, 2.24) is 4.72 Å². The van der Waals surface area contributed by atoms with Crippen molar-refractivity contribution in [2.45, 2.75) is 32.1 Å². The Balaban J connectivity index is 2.10. The first kappa shape index (κ1) is 18.3. The van der Waals surface area contributed by atoms with Crippen LogP contribution in [0.2, 0.25) is 10.0 Å². The Kier molecular flexibility index (Phi) is 6.09. The van der Waals surface area contributed by atoms with Crippen molar-refractivity contribution in [1.29, 1.82) is 0 Å². The summed E-state index contributed by atoms with van der Waals surface area (Å²) in [5.74, 6) is -0.180. The van der Waals surface area contributed by atoms with Gasteiger partial charge in [0, 0.05) is 16.1 Å². The van der Waals surface area contributed by atoms with Gasteiger partial charge < -0.3 is 0 Å². The monoisotopic (exact) mass is 371 g/mol. The van der Waals surface area contributed by atoms with E-state index in [9.17, 15) is 8.42 Å². The van der Waals surface area contributed by atoms with Gasteiger partial charge in [0.2, 0.25) is 10.0 Å². The van der Waals surface area contributed by atoms with Gasteiger partial charge in [-0.1, -0.05) is 60.5 Å². The number of hydrogen-bond acceptors (Lipinski definition) is 2. The average Bonchev–Trinajstić information content (AvgIpc) is 2.49. The molecular weight excluding hydrogens is 353 g/mol. The largest absolute Gasteiger partial charge is 0.216 e. The van der Waals surface area contributed by atoms with Gasteiger partial charge >= 0.3 is 0 Å². The lowest BCUT2D eigenvalue weighted by Gasteiger charge is -2.15. The van der Waals surface area contributed by atoms with Gasteiger partial charge in [-0.15, -0.1) is 0 Å². The highest BCUT2D eigenvalue weighted by Gasteiger charge is 2.18. The molecule has 0 aromatic heterocycles. The molecule has 0 amide bonds. The van der Waals surface area contributed by atoms with Crippen LogP contribution in [0.3, 0.4) is 0 Å². The van der Waals surface area contributed by atoms with Crippen LogP contribution >= 0.6 is 23.2 Å². The fourth-order valence-corrected chi connectivity index (χ4v) is 4.24. The lowest BCUT2D eigenvalue weighted by atomic mass is 10.1. The Hall–Kier alpha value is -1.07. The summed E-state index contributed by atoms with van der Waals surface area (Å²) < 4.78 is 27.4. The lowest BCUT2D eigenvalue weighted by Crippen LogP contribution is -2.28. The topological polar surface area (TPSA) is 46.2 Å². The van der Waals surface area contributed by atoms with Crippen LogP contribution < -0.4 is 4.72 Å². The molecule has 2 rings (SSSR count). The van der Waals surface area contributed by atoms with E-state index < -0.39 is 10.0 Å². The van der Waals surface area contributed by atoms with Gasteiger partial charge in [0.05, 0.1) is 5.75 Å². The summed E-state index contributed by atoms with van der Waals surface area (Å²) in [6, 6.07) is 12.4. The minimum atomic E-state index is -3.51. The summed E-state index contributed by atoms with van der Waals surface area (Å²) in [7, 11) is -3.51. The van der Waals surface area contributed by atoms with Crippen molar-refractivity contribution < 1.29 is 8.42 Å². The third kappa shape index (κ3) is 5.21. The van der Waals surface area contributed by atoms with E-state index in [1.54, 1.807) is 18.2 Å². The molecule has 1 N–H and O–H groups in total. The van der Waals surface area contributed by atoms with Crippen LogP contribution in [0.5, 0.6) is 0 Å². The molecule has 0 spiro atoms. The fourth-order valence-electron chi connectivity index (χ4n) is 2.26. The Morgan fingerprint density at radius 2 is 1.74 bits per heavy atom. The summed E-state index contributed by atoms with van der Waals surface area (Å²) in [4.78, 5) is 0. The maximum Gasteiger partial charge on any atom is 0.216 e. The van der Waals surface area contributed by atoms with Gasteiger partial charge in [-0.2, -0.15) is 0 Å². The number of hydrogen-bond donors (Lipinski definition) is 1. The van der Waals surface area contributed by atoms with Crippen molar-refractivity contribution in [3.8, 4) is 0 Å². The van der Waals surface area contributed by atoms with Gasteiger partial charge in [-0.3, -0.25) is 0 Å². The molecule has 0 aliphatic rings. The quantitative estimate of drug-likeness (QED) is 0.796. The molecular formula is C17H19Cl2NO2S. The lowest BCUT2D eigenvalue weighted by molar-refractivity contribution is 0.566. The smallest absolute Gasteiger partial charge is 0.212 e. The molecule has 0 aliphatic carbocycles. The molecule has 2 aromatic rings. The summed E-state index contributed by atoms with van der Waals surface area (Å²) in [6.45, 7) is 3.90. The van der Waals surface area contributed by atoms with Crippen LogP contribution in [0.4, 0.5) is 0 Å². The number of sulfonamides is 1. The molecule has 0 bridgehead atoms. The highest BCUT2D eigenvalue weighted by Crippen LogP contribution is 2.23. The van der Waals surface area contributed by atoms with E-state index in [-0.39, 0.29) is 11.8 Å². The van der Waals surface area contributed by atoms with E-state index in [1.165, 1.54) is 5.56 Å². The minimum absolute atomic E-state index is 0.180. The molecule has 3 nitrogen and oxygen atoms in total. The molecule has 1 atom stereocenters. The van der Waals surface area contributed by atoms with Gasteiger partial charge in [-0.05, 0) is 42.2 Å². The zero-order valence-corrected chi connectivity index (χ0v) is 15.3. The number of aryl methyl sites for hydroxylation is 1. The van der Waals surface area contributed by atoms with E-state index in [0.717, 1.165) is 12.0 Å². The van der Waals surface area contributed by atoms with E-state index in [2.05, 4.69) is 11.6 Å². The third-order valence-corrected chi connectivity index (χ3v) is 5.60. The van der Waals surface area contributed by atoms with Crippen LogP contribution in [-0.4, -0.2) is 8.42 Å². The molecule has 0 saturated carbocycles. The van der Waals surface area contributed by atoms with Crippen LogP contribution in [0.1, 0.15) is 36.6 Å². The molecule has 2 aromatic carbocycles. The molecule has 6 heteroatoms. The molecule has 0 radical (unpaired) electrons. The maximum absolute atomic E-state index is 12.3. The molecule has 0 saturated heterocycles. The molecule has 0 aliphatic heterocycles. The summed E-state index contributed by atoms with van der Waals surface area (Å²) >= 11 is 11.9. The van der Waals surface area contributed by atoms with E-state index in [0.29, 0.717) is 15.6 Å². The van der Waals surface area contributed by atoms with E-state index >= 15 is 0 Å². The minimum Gasteiger partial charge on any atom is -0.212 e. The first-order valence-electron chi connectivity index (χ1n) is 7.33. The van der Waals surface area contributed by atoms with Crippen LogP contribution in [0, 0.1) is 0 Å². The molecule has 23 heavy (non-hydrogen) atoms.